The molecule has 0 aliphatic carbocycles. The van der Waals surface area contributed by atoms with Gasteiger partial charge in [0.05, 0.1) is 12.2 Å². The highest BCUT2D eigenvalue weighted by Crippen LogP contribution is 2.23. The van der Waals surface area contributed by atoms with Gasteiger partial charge in [-0.15, -0.1) is 0 Å². The molecule has 134 valence electrons. The summed E-state index contributed by atoms with van der Waals surface area (Å²) in [6, 6.07) is 3.68. The molecule has 0 unspecified atom stereocenters. The molecule has 0 saturated heterocycles. The Morgan fingerprint density at radius 1 is 1.08 bits per heavy atom. The van der Waals surface area contributed by atoms with Crippen LogP contribution in [0.15, 0.2) is 12.1 Å². The van der Waals surface area contributed by atoms with Crippen molar-refractivity contribution in [3.05, 3.63) is 28.4 Å². The maximum absolute atomic E-state index is 12.1. The minimum Gasteiger partial charge on any atom is -0.464 e. The van der Waals surface area contributed by atoms with Crippen molar-refractivity contribution in [3.63, 3.8) is 0 Å². The van der Waals surface area contributed by atoms with Gasteiger partial charge >= 0.3 is 11.9 Å². The van der Waals surface area contributed by atoms with E-state index in [0.717, 1.165) is 10.7 Å². The summed E-state index contributed by atoms with van der Waals surface area (Å²) in [5, 5.41) is 0. The molecular formula is C13H13I3O7S. The second kappa shape index (κ2) is 10.4. The third kappa shape index (κ3) is 8.57. The molecule has 0 aromatic heterocycles. The number of benzene rings is 1. The summed E-state index contributed by atoms with van der Waals surface area (Å²) < 4.78 is 41.9. The van der Waals surface area contributed by atoms with Crippen LogP contribution in [0.5, 0.6) is 0 Å². The fourth-order valence-electron chi connectivity index (χ4n) is 1.50. The fourth-order valence-corrected chi connectivity index (χ4v) is 4.17. The number of carbonyl (C=O) groups excluding carboxylic acids is 2. The Hall–Kier alpha value is 0.260. The van der Waals surface area contributed by atoms with E-state index >= 15 is 0 Å². The van der Waals surface area contributed by atoms with E-state index in [9.17, 15) is 18.0 Å². The smallest absolute Gasteiger partial charge is 0.339 e. The highest BCUT2D eigenvalue weighted by atomic mass is 127. The van der Waals surface area contributed by atoms with Crippen molar-refractivity contribution < 1.29 is 32.0 Å². The van der Waals surface area contributed by atoms with Crippen molar-refractivity contribution in [2.75, 3.05) is 19.0 Å². The first kappa shape index (κ1) is 22.3. The van der Waals surface area contributed by atoms with Crippen molar-refractivity contribution >= 4 is 89.8 Å². The summed E-state index contributed by atoms with van der Waals surface area (Å²) in [4.78, 5) is 23.4. The molecular weight excluding hydrogens is 681 g/mol. The predicted molar refractivity (Wildman–Crippen MR) is 111 cm³/mol. The largest absolute Gasteiger partial charge is 0.464 e. The van der Waals surface area contributed by atoms with Gasteiger partial charge in [0.2, 0.25) is 0 Å². The van der Waals surface area contributed by atoms with Crippen molar-refractivity contribution in [3.8, 4) is 0 Å². The average molecular weight is 694 g/mol. The van der Waals surface area contributed by atoms with Crippen LogP contribution >= 0.6 is 67.8 Å². The lowest BCUT2D eigenvalue weighted by atomic mass is 10.2. The Labute approximate surface area is 180 Å². The zero-order valence-electron chi connectivity index (χ0n) is 12.1. The number of rotatable bonds is 8. The van der Waals surface area contributed by atoms with Crippen LogP contribution in [0, 0.1) is 10.7 Å². The SMILES string of the molecule is O=C(CCCOC(=O)c1cc(I)cc(I)c1I)OCCS(=O)(=O)O. The lowest BCUT2D eigenvalue weighted by Gasteiger charge is -2.08. The number of ether oxygens (including phenoxy) is 2. The Kier molecular flexibility index (Phi) is 9.68. The van der Waals surface area contributed by atoms with Gasteiger partial charge in [0.25, 0.3) is 10.1 Å². The lowest BCUT2D eigenvalue weighted by molar-refractivity contribution is -0.143. The molecule has 0 spiro atoms. The van der Waals surface area contributed by atoms with Crippen molar-refractivity contribution in [1.82, 2.24) is 0 Å². The molecule has 24 heavy (non-hydrogen) atoms. The molecule has 0 aliphatic heterocycles. The third-order valence-corrected chi connectivity index (χ3v) is 6.93. The number of halogens is 3. The first-order valence-corrected chi connectivity index (χ1v) is 11.4. The molecule has 7 nitrogen and oxygen atoms in total. The van der Waals surface area contributed by atoms with E-state index < -0.39 is 34.4 Å². The predicted octanol–water partition coefficient (Wildman–Crippen LogP) is 2.87. The van der Waals surface area contributed by atoms with Crippen LogP contribution in [-0.4, -0.2) is 43.9 Å². The number of hydrogen-bond donors (Lipinski definition) is 1. The van der Waals surface area contributed by atoms with E-state index in [0.29, 0.717) is 5.56 Å². The Bertz CT molecular complexity index is 719. The van der Waals surface area contributed by atoms with Crippen LogP contribution in [0.3, 0.4) is 0 Å². The van der Waals surface area contributed by atoms with Crippen molar-refractivity contribution in [2.45, 2.75) is 12.8 Å². The van der Waals surface area contributed by atoms with Gasteiger partial charge in [-0.3, -0.25) is 9.35 Å². The van der Waals surface area contributed by atoms with Gasteiger partial charge in [0, 0.05) is 17.1 Å². The van der Waals surface area contributed by atoms with Crippen LogP contribution in [0.1, 0.15) is 23.2 Å². The Balaban J connectivity index is 2.35. The van der Waals surface area contributed by atoms with E-state index in [-0.39, 0.29) is 19.4 Å². The summed E-state index contributed by atoms with van der Waals surface area (Å²) in [7, 11) is -4.15. The van der Waals surface area contributed by atoms with E-state index in [1.807, 2.05) is 6.07 Å². The molecule has 0 heterocycles. The molecule has 1 aromatic carbocycles. The standard InChI is InChI=1S/C13H13I3O7S/c14-8-6-9(12(16)10(15)7-8)13(18)23-3-1-2-11(17)22-4-5-24(19,20)21/h6-7H,1-5H2,(H,19,20,21). The van der Waals surface area contributed by atoms with Gasteiger partial charge in [-0.1, -0.05) is 0 Å². The second-order valence-electron chi connectivity index (χ2n) is 4.50. The van der Waals surface area contributed by atoms with Crippen LogP contribution in [0.2, 0.25) is 0 Å². The summed E-state index contributed by atoms with van der Waals surface area (Å²) in [6.07, 6.45) is 0.244. The maximum Gasteiger partial charge on any atom is 0.339 e. The van der Waals surface area contributed by atoms with Gasteiger partial charge < -0.3 is 9.47 Å². The zero-order valence-corrected chi connectivity index (χ0v) is 19.4. The second-order valence-corrected chi connectivity index (χ2v) is 9.55. The van der Waals surface area contributed by atoms with Crippen LogP contribution < -0.4 is 0 Å². The quantitative estimate of drug-likeness (QED) is 0.147. The molecule has 0 atom stereocenters. The van der Waals surface area contributed by atoms with E-state index in [2.05, 4.69) is 72.5 Å². The summed E-state index contributed by atoms with van der Waals surface area (Å²) in [5.41, 5.74) is 0.475. The van der Waals surface area contributed by atoms with Crippen LogP contribution in [-0.2, 0) is 24.4 Å². The molecule has 1 N–H and O–H groups in total. The zero-order chi connectivity index (χ0) is 18.3. The molecule has 0 aliphatic rings. The third-order valence-electron chi connectivity index (χ3n) is 2.58. The minimum absolute atomic E-state index is 0.0142. The van der Waals surface area contributed by atoms with Gasteiger partial charge in [0.15, 0.2) is 0 Å². The van der Waals surface area contributed by atoms with E-state index in [1.54, 1.807) is 6.07 Å². The van der Waals surface area contributed by atoms with Crippen LogP contribution in [0.25, 0.3) is 0 Å². The first-order valence-electron chi connectivity index (χ1n) is 6.52. The number of carbonyl (C=O) groups is 2. The molecule has 0 fully saturated rings. The highest BCUT2D eigenvalue weighted by molar-refractivity contribution is 14.1. The highest BCUT2D eigenvalue weighted by Gasteiger charge is 2.15. The molecule has 0 amide bonds. The van der Waals surface area contributed by atoms with Crippen molar-refractivity contribution in [2.24, 2.45) is 0 Å². The topological polar surface area (TPSA) is 107 Å². The maximum atomic E-state index is 12.1. The number of hydrogen-bond acceptors (Lipinski definition) is 6. The Morgan fingerprint density at radius 2 is 1.75 bits per heavy atom. The van der Waals surface area contributed by atoms with Gasteiger partial charge in [-0.05, 0) is 86.3 Å². The molecule has 0 bridgehead atoms. The summed E-state index contributed by atoms with van der Waals surface area (Å²) in [6.45, 7) is -0.360. The molecule has 1 rings (SSSR count). The summed E-state index contributed by atoms with van der Waals surface area (Å²) >= 11 is 6.33. The van der Waals surface area contributed by atoms with Crippen LogP contribution in [0.4, 0.5) is 0 Å². The molecule has 11 heteroatoms. The fraction of sp³-hybridized carbons (Fsp3) is 0.385. The number of esters is 2. The molecule has 1 aromatic rings. The minimum atomic E-state index is -4.15. The van der Waals surface area contributed by atoms with Crippen molar-refractivity contribution in [1.29, 1.82) is 0 Å². The molecule has 0 radical (unpaired) electrons. The normalized spacial score (nSPS) is 11.2. The Morgan fingerprint density at radius 3 is 2.38 bits per heavy atom. The lowest BCUT2D eigenvalue weighted by Crippen LogP contribution is -2.15. The first-order chi connectivity index (χ1) is 11.1. The van der Waals surface area contributed by atoms with E-state index in [1.165, 1.54) is 0 Å². The van der Waals surface area contributed by atoms with Gasteiger partial charge in [0.1, 0.15) is 12.4 Å². The van der Waals surface area contributed by atoms with E-state index in [4.69, 9.17) is 9.29 Å². The summed E-state index contributed by atoms with van der Waals surface area (Å²) in [5.74, 6) is -1.72. The molecule has 0 saturated carbocycles. The monoisotopic (exact) mass is 694 g/mol. The van der Waals surface area contributed by atoms with Gasteiger partial charge in [-0.2, -0.15) is 8.42 Å². The van der Waals surface area contributed by atoms with Gasteiger partial charge in [-0.25, -0.2) is 4.79 Å². The average Bonchev–Trinajstić information content (AvgIpc) is 2.45.